The highest BCUT2D eigenvalue weighted by molar-refractivity contribution is 6.06. The molecule has 5 nitrogen and oxygen atoms in total. The number of benzene rings is 2. The molecule has 2 rings (SSSR count). The molecule has 0 saturated carbocycles. The van der Waals surface area contributed by atoms with Crippen LogP contribution < -0.4 is 5.32 Å². The summed E-state index contributed by atoms with van der Waals surface area (Å²) in [5, 5.41) is 21.7. The van der Waals surface area contributed by atoms with E-state index in [0.29, 0.717) is 12.3 Å². The highest BCUT2D eigenvalue weighted by Crippen LogP contribution is 2.28. The molecule has 0 unspecified atom stereocenters. The summed E-state index contributed by atoms with van der Waals surface area (Å²) in [4.78, 5) is 12.0. The van der Waals surface area contributed by atoms with Crippen LogP contribution in [0.4, 0.5) is 5.69 Å². The van der Waals surface area contributed by atoms with Crippen molar-refractivity contribution in [3.8, 4) is 11.5 Å². The van der Waals surface area contributed by atoms with Crippen LogP contribution in [0.5, 0.6) is 11.5 Å². The van der Waals surface area contributed by atoms with Gasteiger partial charge in [-0.2, -0.15) is 0 Å². The molecule has 0 aromatic heterocycles. The Kier molecular flexibility index (Phi) is 4.22. The zero-order valence-electron chi connectivity index (χ0n) is 11.0. The Bertz CT molecular complexity index is 625. The van der Waals surface area contributed by atoms with Crippen molar-refractivity contribution in [2.24, 2.45) is 0 Å². The number of hydrogen-bond donors (Lipinski definition) is 3. The molecule has 0 fully saturated rings. The van der Waals surface area contributed by atoms with Gasteiger partial charge in [-0.3, -0.25) is 4.79 Å². The van der Waals surface area contributed by atoms with Gasteiger partial charge in [0, 0.05) is 12.8 Å². The molecule has 20 heavy (non-hydrogen) atoms. The van der Waals surface area contributed by atoms with Gasteiger partial charge in [0.1, 0.15) is 0 Å². The maximum absolute atomic E-state index is 12.0. The summed E-state index contributed by atoms with van der Waals surface area (Å²) < 4.78 is 5.02. The van der Waals surface area contributed by atoms with Gasteiger partial charge in [0.25, 0.3) is 5.91 Å². The van der Waals surface area contributed by atoms with E-state index in [1.165, 1.54) is 18.2 Å². The summed E-state index contributed by atoms with van der Waals surface area (Å²) in [6, 6.07) is 11.4. The average molecular weight is 273 g/mol. The number of para-hydroxylation sites is 1. The molecule has 0 saturated heterocycles. The summed E-state index contributed by atoms with van der Waals surface area (Å²) >= 11 is 0. The van der Waals surface area contributed by atoms with E-state index >= 15 is 0 Å². The predicted octanol–water partition coefficient (Wildman–Crippen LogP) is 2.50. The number of phenols is 2. The van der Waals surface area contributed by atoms with E-state index in [-0.39, 0.29) is 11.3 Å². The Morgan fingerprint density at radius 3 is 2.70 bits per heavy atom. The van der Waals surface area contributed by atoms with Crippen molar-refractivity contribution in [3.63, 3.8) is 0 Å². The number of carbonyl (C=O) groups excluding carboxylic acids is 1. The second-order valence-electron chi connectivity index (χ2n) is 4.26. The Hall–Kier alpha value is -2.53. The number of nitrogens with one attached hydrogen (secondary N) is 1. The largest absolute Gasteiger partial charge is 0.504 e. The quantitative estimate of drug-likeness (QED) is 0.748. The maximum Gasteiger partial charge on any atom is 0.259 e. The zero-order chi connectivity index (χ0) is 14.5. The molecule has 0 radical (unpaired) electrons. The van der Waals surface area contributed by atoms with E-state index in [9.17, 15) is 15.0 Å². The molecular formula is C15H15NO4. The first kappa shape index (κ1) is 13.9. The molecule has 2 aromatic rings. The van der Waals surface area contributed by atoms with E-state index in [1.807, 2.05) is 6.07 Å². The van der Waals surface area contributed by atoms with E-state index in [4.69, 9.17) is 4.74 Å². The average Bonchev–Trinajstić information content (AvgIpc) is 2.42. The molecular weight excluding hydrogens is 258 g/mol. The third kappa shape index (κ3) is 3.07. The van der Waals surface area contributed by atoms with Crippen LogP contribution in [-0.4, -0.2) is 23.2 Å². The summed E-state index contributed by atoms with van der Waals surface area (Å²) in [7, 11) is 1.59. The van der Waals surface area contributed by atoms with Gasteiger partial charge in [-0.1, -0.05) is 18.2 Å². The van der Waals surface area contributed by atoms with Crippen molar-refractivity contribution in [1.29, 1.82) is 0 Å². The third-order valence-corrected chi connectivity index (χ3v) is 2.76. The molecule has 0 aliphatic heterocycles. The number of hydrogen-bond acceptors (Lipinski definition) is 4. The summed E-state index contributed by atoms with van der Waals surface area (Å²) in [6.07, 6.45) is 0. The lowest BCUT2D eigenvalue weighted by Crippen LogP contribution is -2.12. The van der Waals surface area contributed by atoms with Gasteiger partial charge in [0.15, 0.2) is 11.5 Å². The highest BCUT2D eigenvalue weighted by Gasteiger charge is 2.14. The maximum atomic E-state index is 12.0. The molecule has 2 aromatic carbocycles. The number of aromatic hydroxyl groups is 2. The fraction of sp³-hybridized carbons (Fsp3) is 0.133. The number of phenolic OH excluding ortho intramolecular Hbond substituents is 2. The summed E-state index contributed by atoms with van der Waals surface area (Å²) in [5.41, 5.74) is 1.53. The predicted molar refractivity (Wildman–Crippen MR) is 74.9 cm³/mol. The number of methoxy groups -OCH3 is 1. The first-order valence-corrected chi connectivity index (χ1v) is 6.02. The Labute approximate surface area is 116 Å². The number of carbonyl (C=O) groups is 1. The third-order valence-electron chi connectivity index (χ3n) is 2.76. The van der Waals surface area contributed by atoms with Crippen molar-refractivity contribution >= 4 is 11.6 Å². The molecule has 1 amide bonds. The van der Waals surface area contributed by atoms with Gasteiger partial charge in [-0.25, -0.2) is 0 Å². The van der Waals surface area contributed by atoms with E-state index in [1.54, 1.807) is 25.3 Å². The number of ether oxygens (including phenoxy) is 1. The van der Waals surface area contributed by atoms with Crippen molar-refractivity contribution in [1.82, 2.24) is 0 Å². The summed E-state index contributed by atoms with van der Waals surface area (Å²) in [5.74, 6) is -1.25. The van der Waals surface area contributed by atoms with Crippen molar-refractivity contribution < 1.29 is 19.7 Å². The highest BCUT2D eigenvalue weighted by atomic mass is 16.5. The molecule has 0 spiro atoms. The first-order valence-electron chi connectivity index (χ1n) is 6.02. The Morgan fingerprint density at radius 1 is 1.20 bits per heavy atom. The van der Waals surface area contributed by atoms with Gasteiger partial charge in [0.2, 0.25) is 0 Å². The van der Waals surface area contributed by atoms with Crippen LogP contribution in [0.2, 0.25) is 0 Å². The van der Waals surface area contributed by atoms with Crippen molar-refractivity contribution in [3.05, 3.63) is 53.6 Å². The number of anilines is 1. The smallest absolute Gasteiger partial charge is 0.259 e. The lowest BCUT2D eigenvalue weighted by atomic mass is 10.1. The van der Waals surface area contributed by atoms with Crippen LogP contribution in [0.25, 0.3) is 0 Å². The van der Waals surface area contributed by atoms with Crippen LogP contribution >= 0.6 is 0 Å². The second-order valence-corrected chi connectivity index (χ2v) is 4.26. The van der Waals surface area contributed by atoms with Crippen LogP contribution in [-0.2, 0) is 11.3 Å². The Morgan fingerprint density at radius 2 is 1.95 bits per heavy atom. The molecule has 104 valence electrons. The molecule has 3 N–H and O–H groups in total. The minimum absolute atomic E-state index is 0.0159. The van der Waals surface area contributed by atoms with Gasteiger partial charge in [0.05, 0.1) is 12.2 Å². The lowest BCUT2D eigenvalue weighted by Gasteiger charge is -2.09. The van der Waals surface area contributed by atoms with E-state index in [2.05, 4.69) is 5.32 Å². The Balaban J connectivity index is 2.19. The van der Waals surface area contributed by atoms with Crippen LogP contribution in [0, 0.1) is 0 Å². The van der Waals surface area contributed by atoms with Crippen LogP contribution in [0.15, 0.2) is 42.5 Å². The number of rotatable bonds is 4. The van der Waals surface area contributed by atoms with Crippen molar-refractivity contribution in [2.45, 2.75) is 6.61 Å². The summed E-state index contributed by atoms with van der Waals surface area (Å²) in [6.45, 7) is 0.446. The molecule has 0 aliphatic rings. The van der Waals surface area contributed by atoms with Gasteiger partial charge < -0.3 is 20.3 Å². The second kappa shape index (κ2) is 6.08. The molecule has 0 aliphatic carbocycles. The first-order chi connectivity index (χ1) is 9.61. The van der Waals surface area contributed by atoms with Crippen LogP contribution in [0.1, 0.15) is 15.9 Å². The van der Waals surface area contributed by atoms with Gasteiger partial charge in [-0.15, -0.1) is 0 Å². The normalized spacial score (nSPS) is 10.2. The SMILES string of the molecule is COCc1cccc(NC(=O)c2cccc(O)c2O)c1. The monoisotopic (exact) mass is 273 g/mol. The number of amides is 1. The zero-order valence-corrected chi connectivity index (χ0v) is 11.0. The van der Waals surface area contributed by atoms with Gasteiger partial charge in [-0.05, 0) is 29.8 Å². The fourth-order valence-corrected chi connectivity index (χ4v) is 1.82. The van der Waals surface area contributed by atoms with Crippen molar-refractivity contribution in [2.75, 3.05) is 12.4 Å². The molecule has 0 atom stereocenters. The minimum Gasteiger partial charge on any atom is -0.504 e. The molecule has 0 bridgehead atoms. The molecule has 5 heteroatoms. The lowest BCUT2D eigenvalue weighted by molar-refractivity contribution is 0.102. The van der Waals surface area contributed by atoms with Gasteiger partial charge >= 0.3 is 0 Å². The topological polar surface area (TPSA) is 78.8 Å². The van der Waals surface area contributed by atoms with E-state index < -0.39 is 11.7 Å². The fourth-order valence-electron chi connectivity index (χ4n) is 1.82. The molecule has 0 heterocycles. The van der Waals surface area contributed by atoms with E-state index in [0.717, 1.165) is 5.56 Å². The van der Waals surface area contributed by atoms with Crippen LogP contribution in [0.3, 0.4) is 0 Å². The standard InChI is InChI=1S/C15H15NO4/c1-20-9-10-4-2-5-11(8-10)16-15(19)12-6-3-7-13(17)14(12)18/h2-8,17-18H,9H2,1H3,(H,16,19). The minimum atomic E-state index is -0.493.